The maximum absolute atomic E-state index is 13.0. The van der Waals surface area contributed by atoms with Crippen LogP contribution in [0.25, 0.3) is 0 Å². The minimum atomic E-state index is 0.0283. The Morgan fingerprint density at radius 1 is 1.08 bits per heavy atom. The summed E-state index contributed by atoms with van der Waals surface area (Å²) in [6, 6.07) is 0.0283. The molecule has 0 spiro atoms. The Bertz CT molecular complexity index is 699. The summed E-state index contributed by atoms with van der Waals surface area (Å²) in [5.41, 5.74) is 2.09. The Balaban J connectivity index is 1.51. The summed E-state index contributed by atoms with van der Waals surface area (Å²) in [6.07, 6.45) is 10.3. The highest BCUT2D eigenvalue weighted by Crippen LogP contribution is 2.35. The van der Waals surface area contributed by atoms with E-state index in [2.05, 4.69) is 4.98 Å². The molecule has 2 aliphatic heterocycles. The molecule has 1 aromatic heterocycles. The molecule has 140 valence electrons. The molecule has 4 rings (SSSR count). The van der Waals surface area contributed by atoms with Crippen LogP contribution >= 0.6 is 0 Å². The summed E-state index contributed by atoms with van der Waals surface area (Å²) < 4.78 is 0. The van der Waals surface area contributed by atoms with Crippen LogP contribution in [-0.4, -0.2) is 44.7 Å². The Morgan fingerprint density at radius 2 is 1.88 bits per heavy atom. The predicted molar refractivity (Wildman–Crippen MR) is 97.1 cm³/mol. The molecule has 0 N–H and O–H groups in total. The lowest BCUT2D eigenvalue weighted by Gasteiger charge is -2.31. The number of fused-ring (bicyclic) bond motifs is 1. The normalized spacial score (nSPS) is 23.8. The smallest absolute Gasteiger partial charge is 0.226 e. The zero-order valence-electron chi connectivity index (χ0n) is 15.6. The van der Waals surface area contributed by atoms with E-state index in [1.807, 2.05) is 16.0 Å². The van der Waals surface area contributed by atoms with Gasteiger partial charge in [-0.05, 0) is 25.7 Å². The Hall–Kier alpha value is -1.98. The first-order chi connectivity index (χ1) is 12.6. The zero-order chi connectivity index (χ0) is 18.1. The largest absolute Gasteiger partial charge is 0.338 e. The number of carbonyl (C=O) groups excluding carboxylic acids is 2. The van der Waals surface area contributed by atoms with Gasteiger partial charge in [0.1, 0.15) is 0 Å². The van der Waals surface area contributed by atoms with Crippen LogP contribution in [-0.2, 0) is 22.6 Å². The molecule has 3 heterocycles. The predicted octanol–water partition coefficient (Wildman–Crippen LogP) is 2.63. The third-order valence-electron chi connectivity index (χ3n) is 6.19. The maximum atomic E-state index is 13.0. The minimum Gasteiger partial charge on any atom is -0.338 e. The average Bonchev–Trinajstić information content (AvgIpc) is 3.17. The van der Waals surface area contributed by atoms with Crippen molar-refractivity contribution in [2.45, 2.75) is 70.9 Å². The number of rotatable bonds is 2. The van der Waals surface area contributed by atoms with Gasteiger partial charge in [-0.15, -0.1) is 0 Å². The van der Waals surface area contributed by atoms with Crippen molar-refractivity contribution in [3.63, 3.8) is 0 Å². The van der Waals surface area contributed by atoms with Crippen molar-refractivity contribution >= 4 is 11.8 Å². The molecular formula is C20H28N4O2. The van der Waals surface area contributed by atoms with Gasteiger partial charge in [-0.1, -0.05) is 19.3 Å². The molecule has 1 saturated carbocycles. The second-order valence-electron chi connectivity index (χ2n) is 7.92. The van der Waals surface area contributed by atoms with Crippen LogP contribution in [0, 0.1) is 5.92 Å². The van der Waals surface area contributed by atoms with Crippen molar-refractivity contribution in [1.82, 2.24) is 19.8 Å². The molecule has 1 aliphatic carbocycles. The fourth-order valence-corrected chi connectivity index (χ4v) is 4.64. The van der Waals surface area contributed by atoms with Gasteiger partial charge in [0, 0.05) is 50.7 Å². The Kier molecular flexibility index (Phi) is 4.92. The third-order valence-corrected chi connectivity index (χ3v) is 6.19. The van der Waals surface area contributed by atoms with E-state index in [9.17, 15) is 9.59 Å². The number of amides is 2. The fourth-order valence-electron chi connectivity index (χ4n) is 4.64. The second-order valence-corrected chi connectivity index (χ2v) is 7.92. The first kappa shape index (κ1) is 17.4. The van der Waals surface area contributed by atoms with Gasteiger partial charge in [0.2, 0.25) is 11.8 Å². The lowest BCUT2D eigenvalue weighted by atomic mass is 9.88. The molecule has 1 atom stereocenters. The lowest BCUT2D eigenvalue weighted by molar-refractivity contribution is -0.137. The van der Waals surface area contributed by atoms with E-state index < -0.39 is 0 Å². The van der Waals surface area contributed by atoms with E-state index in [4.69, 9.17) is 4.98 Å². The fraction of sp³-hybridized carbons (Fsp3) is 0.700. The van der Waals surface area contributed by atoms with Crippen LogP contribution in [0.3, 0.4) is 0 Å². The molecule has 2 amide bonds. The molecule has 0 unspecified atom stereocenters. The summed E-state index contributed by atoms with van der Waals surface area (Å²) >= 11 is 0. The highest BCUT2D eigenvalue weighted by molar-refractivity contribution is 5.79. The summed E-state index contributed by atoms with van der Waals surface area (Å²) in [4.78, 5) is 37.9. The molecule has 3 aliphatic rings. The maximum Gasteiger partial charge on any atom is 0.226 e. The molecular weight excluding hydrogens is 328 g/mol. The first-order valence-electron chi connectivity index (χ1n) is 10.0. The topological polar surface area (TPSA) is 66.4 Å². The zero-order valence-corrected chi connectivity index (χ0v) is 15.6. The van der Waals surface area contributed by atoms with Crippen molar-refractivity contribution < 1.29 is 9.59 Å². The molecule has 1 aromatic rings. The van der Waals surface area contributed by atoms with Gasteiger partial charge in [0.05, 0.1) is 11.7 Å². The van der Waals surface area contributed by atoms with E-state index in [1.54, 1.807) is 6.92 Å². The number of hydrogen-bond donors (Lipinski definition) is 0. The van der Waals surface area contributed by atoms with Gasteiger partial charge >= 0.3 is 0 Å². The van der Waals surface area contributed by atoms with Crippen molar-refractivity contribution in [2.75, 3.05) is 13.1 Å². The Labute approximate surface area is 155 Å². The molecule has 26 heavy (non-hydrogen) atoms. The van der Waals surface area contributed by atoms with Gasteiger partial charge in [0.25, 0.3) is 0 Å². The first-order valence-corrected chi connectivity index (χ1v) is 10.0. The third kappa shape index (κ3) is 3.33. The van der Waals surface area contributed by atoms with Gasteiger partial charge in [-0.2, -0.15) is 0 Å². The van der Waals surface area contributed by atoms with Gasteiger partial charge < -0.3 is 9.80 Å². The number of hydrogen-bond acceptors (Lipinski definition) is 4. The second kappa shape index (κ2) is 7.33. The van der Waals surface area contributed by atoms with Crippen LogP contribution in [0.5, 0.6) is 0 Å². The average molecular weight is 356 g/mol. The van der Waals surface area contributed by atoms with E-state index in [0.717, 1.165) is 55.7 Å². The number of likely N-dealkylation sites (tertiary alicyclic amines) is 1. The Morgan fingerprint density at radius 3 is 2.65 bits per heavy atom. The van der Waals surface area contributed by atoms with E-state index in [1.165, 1.54) is 19.3 Å². The molecule has 6 nitrogen and oxygen atoms in total. The van der Waals surface area contributed by atoms with Crippen molar-refractivity contribution in [3.05, 3.63) is 23.3 Å². The van der Waals surface area contributed by atoms with Gasteiger partial charge in [-0.3, -0.25) is 9.59 Å². The summed E-state index contributed by atoms with van der Waals surface area (Å²) in [6.45, 7) is 3.75. The molecule has 1 saturated heterocycles. The number of aromatic nitrogens is 2. The molecule has 0 radical (unpaired) electrons. The van der Waals surface area contributed by atoms with Crippen LogP contribution in [0.1, 0.15) is 75.0 Å². The van der Waals surface area contributed by atoms with Crippen molar-refractivity contribution in [1.29, 1.82) is 0 Å². The molecule has 0 bridgehead atoms. The lowest BCUT2D eigenvalue weighted by Crippen LogP contribution is -2.38. The highest BCUT2D eigenvalue weighted by Gasteiger charge is 2.36. The van der Waals surface area contributed by atoms with E-state index in [-0.39, 0.29) is 17.9 Å². The van der Waals surface area contributed by atoms with E-state index in [0.29, 0.717) is 19.0 Å². The SMILES string of the molecule is CC(=O)N1CCc2nc([C@@H]3CCCN3C(=O)C3CCCCC3)ncc2C1. The van der Waals surface area contributed by atoms with Crippen LogP contribution in [0.15, 0.2) is 6.20 Å². The standard InChI is InChI=1S/C20H28N4O2/c1-14(25)23-11-9-17-16(13-23)12-21-19(22-17)18-8-5-10-24(18)20(26)15-6-3-2-4-7-15/h12,15,18H,2-11,13H2,1H3/t18-/m0/s1. The van der Waals surface area contributed by atoms with Crippen molar-refractivity contribution in [3.8, 4) is 0 Å². The van der Waals surface area contributed by atoms with Crippen molar-refractivity contribution in [2.24, 2.45) is 5.92 Å². The quantitative estimate of drug-likeness (QED) is 0.817. The van der Waals surface area contributed by atoms with Gasteiger partial charge in [-0.25, -0.2) is 9.97 Å². The minimum absolute atomic E-state index is 0.0283. The van der Waals surface area contributed by atoms with Crippen LogP contribution in [0.2, 0.25) is 0 Å². The molecule has 6 heteroatoms. The molecule has 2 fully saturated rings. The highest BCUT2D eigenvalue weighted by atomic mass is 16.2. The number of nitrogens with zero attached hydrogens (tertiary/aromatic N) is 4. The van der Waals surface area contributed by atoms with Crippen LogP contribution < -0.4 is 0 Å². The summed E-state index contributed by atoms with van der Waals surface area (Å²) in [5, 5.41) is 0. The summed E-state index contributed by atoms with van der Waals surface area (Å²) in [5.74, 6) is 1.41. The number of carbonyl (C=O) groups is 2. The summed E-state index contributed by atoms with van der Waals surface area (Å²) in [7, 11) is 0. The molecule has 0 aromatic carbocycles. The van der Waals surface area contributed by atoms with Crippen LogP contribution in [0.4, 0.5) is 0 Å². The van der Waals surface area contributed by atoms with E-state index >= 15 is 0 Å². The van der Waals surface area contributed by atoms with Gasteiger partial charge in [0.15, 0.2) is 5.82 Å². The monoisotopic (exact) mass is 356 g/mol.